The fraction of sp³-hybridized carbons (Fsp3) is 0.200. The SMILES string of the molecule is OCCOc1ccccc1OCc1noc(-c2ccoc2)n1. The maximum atomic E-state index is 8.81. The van der Waals surface area contributed by atoms with E-state index in [0.717, 1.165) is 0 Å². The third kappa shape index (κ3) is 3.26. The van der Waals surface area contributed by atoms with E-state index in [-0.39, 0.29) is 19.8 Å². The largest absolute Gasteiger partial charge is 0.487 e. The van der Waals surface area contributed by atoms with Crippen molar-refractivity contribution in [2.45, 2.75) is 6.61 Å². The van der Waals surface area contributed by atoms with E-state index >= 15 is 0 Å². The van der Waals surface area contributed by atoms with Gasteiger partial charge in [0.15, 0.2) is 18.1 Å². The first-order chi connectivity index (χ1) is 10.9. The number of furan rings is 1. The molecule has 2 aromatic heterocycles. The molecule has 3 aromatic rings. The first-order valence-electron chi connectivity index (χ1n) is 6.67. The summed E-state index contributed by atoms with van der Waals surface area (Å²) >= 11 is 0. The smallest absolute Gasteiger partial charge is 0.261 e. The fourth-order valence-electron chi connectivity index (χ4n) is 1.80. The molecule has 0 aliphatic carbocycles. The van der Waals surface area contributed by atoms with Gasteiger partial charge in [-0.05, 0) is 18.2 Å². The standard InChI is InChI=1S/C15H14N2O5/c18-6-8-20-12-3-1-2-4-13(12)21-10-14-16-15(22-17-14)11-5-7-19-9-11/h1-5,7,9,18H,6,8,10H2. The number of para-hydroxylation sites is 2. The molecule has 7 nitrogen and oxygen atoms in total. The number of benzene rings is 1. The average molecular weight is 302 g/mol. The summed E-state index contributed by atoms with van der Waals surface area (Å²) in [6, 6.07) is 8.91. The molecule has 0 unspecified atom stereocenters. The Hall–Kier alpha value is -2.80. The molecule has 0 spiro atoms. The van der Waals surface area contributed by atoms with Crippen molar-refractivity contribution in [1.29, 1.82) is 0 Å². The molecule has 0 fully saturated rings. The molecule has 114 valence electrons. The molecule has 1 N–H and O–H groups in total. The highest BCUT2D eigenvalue weighted by atomic mass is 16.5. The summed E-state index contributed by atoms with van der Waals surface area (Å²) in [6.45, 7) is 0.279. The van der Waals surface area contributed by atoms with Gasteiger partial charge in [-0.15, -0.1) is 0 Å². The van der Waals surface area contributed by atoms with E-state index in [2.05, 4.69) is 10.1 Å². The zero-order valence-corrected chi connectivity index (χ0v) is 11.6. The van der Waals surface area contributed by atoms with Crippen LogP contribution in [-0.2, 0) is 6.61 Å². The summed E-state index contributed by atoms with van der Waals surface area (Å²) in [6.07, 6.45) is 3.06. The van der Waals surface area contributed by atoms with Crippen molar-refractivity contribution >= 4 is 0 Å². The minimum atomic E-state index is -0.0623. The Bertz CT molecular complexity index is 708. The van der Waals surface area contributed by atoms with Crippen molar-refractivity contribution in [3.63, 3.8) is 0 Å². The van der Waals surface area contributed by atoms with Crippen LogP contribution in [0.3, 0.4) is 0 Å². The number of nitrogens with zero attached hydrogens (tertiary/aromatic N) is 2. The topological polar surface area (TPSA) is 90.8 Å². The molecule has 3 rings (SSSR count). The second-order valence-corrected chi connectivity index (χ2v) is 4.34. The van der Waals surface area contributed by atoms with Crippen LogP contribution < -0.4 is 9.47 Å². The van der Waals surface area contributed by atoms with Crippen LogP contribution in [0.15, 0.2) is 51.8 Å². The van der Waals surface area contributed by atoms with Crippen LogP contribution in [0.4, 0.5) is 0 Å². The molecular formula is C15H14N2O5. The molecule has 0 bridgehead atoms. The zero-order valence-electron chi connectivity index (χ0n) is 11.6. The molecule has 1 aromatic carbocycles. The summed E-state index contributed by atoms with van der Waals surface area (Å²) in [5.74, 6) is 1.88. The van der Waals surface area contributed by atoms with Gasteiger partial charge in [-0.25, -0.2) is 0 Å². The quantitative estimate of drug-likeness (QED) is 0.716. The van der Waals surface area contributed by atoms with Crippen molar-refractivity contribution in [2.75, 3.05) is 13.2 Å². The van der Waals surface area contributed by atoms with Crippen molar-refractivity contribution in [3.8, 4) is 23.0 Å². The third-order valence-corrected chi connectivity index (χ3v) is 2.79. The van der Waals surface area contributed by atoms with E-state index in [1.165, 1.54) is 12.5 Å². The number of hydrogen-bond acceptors (Lipinski definition) is 7. The van der Waals surface area contributed by atoms with Crippen molar-refractivity contribution in [2.24, 2.45) is 0 Å². The monoisotopic (exact) mass is 302 g/mol. The van der Waals surface area contributed by atoms with Crippen molar-refractivity contribution in [1.82, 2.24) is 10.1 Å². The maximum Gasteiger partial charge on any atom is 0.261 e. The lowest BCUT2D eigenvalue weighted by atomic mass is 10.3. The predicted octanol–water partition coefficient (Wildman–Crippen LogP) is 2.28. The van der Waals surface area contributed by atoms with Crippen LogP contribution in [0.5, 0.6) is 11.5 Å². The molecular weight excluding hydrogens is 288 g/mol. The van der Waals surface area contributed by atoms with Gasteiger partial charge < -0.3 is 23.5 Å². The predicted molar refractivity (Wildman–Crippen MR) is 75.4 cm³/mol. The van der Waals surface area contributed by atoms with E-state index in [9.17, 15) is 0 Å². The van der Waals surface area contributed by atoms with Gasteiger partial charge in [0.1, 0.15) is 12.9 Å². The average Bonchev–Trinajstić information content (AvgIpc) is 3.22. The number of hydrogen-bond donors (Lipinski definition) is 1. The normalized spacial score (nSPS) is 10.6. The van der Waals surface area contributed by atoms with E-state index in [0.29, 0.717) is 28.8 Å². The van der Waals surface area contributed by atoms with E-state index in [4.69, 9.17) is 23.5 Å². The van der Waals surface area contributed by atoms with Crippen molar-refractivity contribution < 1.29 is 23.5 Å². The number of ether oxygens (including phenoxy) is 2. The first-order valence-corrected chi connectivity index (χ1v) is 6.67. The van der Waals surface area contributed by atoms with Gasteiger partial charge in [0.05, 0.1) is 18.4 Å². The molecule has 0 saturated carbocycles. The summed E-state index contributed by atoms with van der Waals surface area (Å²) in [4.78, 5) is 4.22. The van der Waals surface area contributed by atoms with E-state index in [1.54, 1.807) is 18.2 Å². The van der Waals surface area contributed by atoms with E-state index < -0.39 is 0 Å². The Labute approximate surface area is 126 Å². The molecule has 22 heavy (non-hydrogen) atoms. The van der Waals surface area contributed by atoms with Gasteiger partial charge >= 0.3 is 0 Å². The molecule has 0 saturated heterocycles. The molecule has 0 amide bonds. The number of aliphatic hydroxyl groups is 1. The number of aromatic nitrogens is 2. The van der Waals surface area contributed by atoms with Crippen LogP contribution >= 0.6 is 0 Å². The highest BCUT2D eigenvalue weighted by Crippen LogP contribution is 2.27. The molecule has 0 radical (unpaired) electrons. The summed E-state index contributed by atoms with van der Waals surface area (Å²) in [5.41, 5.74) is 0.713. The van der Waals surface area contributed by atoms with Gasteiger partial charge in [0.25, 0.3) is 5.89 Å². The van der Waals surface area contributed by atoms with Crippen molar-refractivity contribution in [3.05, 3.63) is 48.7 Å². The van der Waals surface area contributed by atoms with E-state index in [1.807, 2.05) is 12.1 Å². The lowest BCUT2D eigenvalue weighted by Gasteiger charge is -2.10. The minimum Gasteiger partial charge on any atom is -0.487 e. The van der Waals surface area contributed by atoms with Crippen LogP contribution in [0.2, 0.25) is 0 Å². The lowest BCUT2D eigenvalue weighted by Crippen LogP contribution is -2.04. The first kappa shape index (κ1) is 14.2. The summed E-state index contributed by atoms with van der Waals surface area (Å²) in [5, 5.41) is 12.7. The van der Waals surface area contributed by atoms with Gasteiger partial charge in [-0.1, -0.05) is 17.3 Å². The molecule has 0 atom stereocenters. The van der Waals surface area contributed by atoms with Crippen LogP contribution in [0.1, 0.15) is 5.82 Å². The Morgan fingerprint density at radius 2 is 1.91 bits per heavy atom. The molecule has 2 heterocycles. The third-order valence-electron chi connectivity index (χ3n) is 2.79. The second-order valence-electron chi connectivity index (χ2n) is 4.34. The van der Waals surface area contributed by atoms with Gasteiger partial charge in [0, 0.05) is 0 Å². The second kappa shape index (κ2) is 6.77. The Kier molecular flexibility index (Phi) is 4.35. The molecule has 0 aliphatic rings. The highest BCUT2D eigenvalue weighted by molar-refractivity contribution is 5.49. The van der Waals surface area contributed by atoms with Crippen LogP contribution in [0.25, 0.3) is 11.5 Å². The highest BCUT2D eigenvalue weighted by Gasteiger charge is 2.11. The summed E-state index contributed by atoms with van der Waals surface area (Å²) < 4.78 is 21.1. The minimum absolute atomic E-state index is 0.0623. The van der Waals surface area contributed by atoms with Gasteiger partial charge in [-0.3, -0.25) is 0 Å². The van der Waals surface area contributed by atoms with Gasteiger partial charge in [-0.2, -0.15) is 4.98 Å². The van der Waals surface area contributed by atoms with Crippen LogP contribution in [0, 0.1) is 0 Å². The molecule has 0 aliphatic heterocycles. The maximum absolute atomic E-state index is 8.81. The Morgan fingerprint density at radius 1 is 1.09 bits per heavy atom. The number of aliphatic hydroxyl groups excluding tert-OH is 1. The zero-order chi connectivity index (χ0) is 15.2. The number of rotatable bonds is 7. The van der Waals surface area contributed by atoms with Gasteiger partial charge in [0.2, 0.25) is 5.82 Å². The fourth-order valence-corrected chi connectivity index (χ4v) is 1.80. The summed E-state index contributed by atoms with van der Waals surface area (Å²) in [7, 11) is 0. The molecule has 7 heteroatoms. The lowest BCUT2D eigenvalue weighted by molar-refractivity contribution is 0.191. The van der Waals surface area contributed by atoms with Crippen LogP contribution in [-0.4, -0.2) is 28.5 Å². The Morgan fingerprint density at radius 3 is 2.64 bits per heavy atom. The Balaban J connectivity index is 1.65.